The van der Waals surface area contributed by atoms with Crippen molar-refractivity contribution in [1.29, 1.82) is 0 Å². The monoisotopic (exact) mass is 410 g/mol. The molecule has 4 nitrogen and oxygen atoms in total. The number of nitro benzene ring substituents is 1. The lowest BCUT2D eigenvalue weighted by Gasteiger charge is -2.08. The number of non-ortho nitro benzene ring substituents is 1. The predicted octanol–water partition coefficient (Wildman–Crippen LogP) is 5.25. The van der Waals surface area contributed by atoms with Crippen LogP contribution in [0, 0.1) is 10.1 Å². The Labute approximate surface area is 139 Å². The fraction of sp³-hybridized carbons (Fsp3) is 0.0667. The van der Waals surface area contributed by atoms with E-state index in [9.17, 15) is 10.1 Å². The first-order chi connectivity index (χ1) is 10.1. The van der Waals surface area contributed by atoms with Crippen LogP contribution in [0.2, 0.25) is 0 Å². The maximum Gasteiger partial charge on any atom is 0.271 e. The molecule has 0 saturated carbocycles. The number of nitro groups is 1. The molecule has 6 heteroatoms. The molecule has 0 aliphatic carbocycles. The van der Waals surface area contributed by atoms with Gasteiger partial charge in [0.15, 0.2) is 0 Å². The Morgan fingerprint density at radius 2 is 1.76 bits per heavy atom. The zero-order valence-electron chi connectivity index (χ0n) is 10.9. The van der Waals surface area contributed by atoms with Gasteiger partial charge < -0.3 is 5.32 Å². The lowest BCUT2D eigenvalue weighted by atomic mass is 10.2. The molecule has 2 aromatic carbocycles. The molecule has 0 atom stereocenters. The van der Waals surface area contributed by atoms with Crippen molar-refractivity contribution in [1.82, 2.24) is 0 Å². The summed E-state index contributed by atoms with van der Waals surface area (Å²) in [5.41, 5.74) is 1.96. The van der Waals surface area contributed by atoms with Gasteiger partial charge in [-0.3, -0.25) is 10.1 Å². The van der Waals surface area contributed by atoms with Gasteiger partial charge in [0.05, 0.1) is 10.6 Å². The zero-order valence-corrected chi connectivity index (χ0v) is 14.1. The van der Waals surface area contributed by atoms with E-state index in [1.165, 1.54) is 12.1 Å². The number of hydrogen-bond acceptors (Lipinski definition) is 3. The maximum absolute atomic E-state index is 10.8. The number of rotatable bonds is 5. The summed E-state index contributed by atoms with van der Waals surface area (Å²) in [6.07, 6.45) is 4.01. The van der Waals surface area contributed by atoms with Crippen LogP contribution >= 0.6 is 31.9 Å². The largest absolute Gasteiger partial charge is 0.380 e. The first-order valence-electron chi connectivity index (χ1n) is 6.17. The van der Waals surface area contributed by atoms with Crippen LogP contribution in [0.3, 0.4) is 0 Å². The number of nitrogens with zero attached hydrogens (tertiary/aromatic N) is 1. The van der Waals surface area contributed by atoms with E-state index >= 15 is 0 Å². The lowest BCUT2D eigenvalue weighted by Crippen LogP contribution is -2.01. The summed E-state index contributed by atoms with van der Waals surface area (Å²) in [6, 6.07) is 12.9. The number of anilines is 1. The van der Waals surface area contributed by atoms with Crippen molar-refractivity contribution in [2.45, 2.75) is 0 Å². The second kappa shape index (κ2) is 7.38. The molecule has 0 aromatic heterocycles. The smallest absolute Gasteiger partial charge is 0.271 e. The Morgan fingerprint density at radius 3 is 2.33 bits per heavy atom. The molecule has 21 heavy (non-hydrogen) atoms. The van der Waals surface area contributed by atoms with Gasteiger partial charge in [-0.1, -0.05) is 42.5 Å². The highest BCUT2D eigenvalue weighted by Gasteiger charge is 2.13. The second-order valence-corrected chi connectivity index (χ2v) is 5.94. The normalized spacial score (nSPS) is 10.8. The van der Waals surface area contributed by atoms with Gasteiger partial charge in [0.25, 0.3) is 5.69 Å². The van der Waals surface area contributed by atoms with Crippen LogP contribution in [0.5, 0.6) is 0 Å². The molecule has 0 aliphatic rings. The molecule has 0 amide bonds. The Bertz CT molecular complexity index is 650. The molecule has 0 unspecified atom stereocenters. The van der Waals surface area contributed by atoms with Crippen LogP contribution in [0.4, 0.5) is 11.4 Å². The van der Waals surface area contributed by atoms with E-state index in [2.05, 4.69) is 37.2 Å². The fourth-order valence-electron chi connectivity index (χ4n) is 1.75. The van der Waals surface area contributed by atoms with Gasteiger partial charge in [0.1, 0.15) is 0 Å². The second-order valence-electron chi connectivity index (χ2n) is 4.24. The summed E-state index contributed by atoms with van der Waals surface area (Å²) in [6.45, 7) is 0.615. The van der Waals surface area contributed by atoms with Crippen LogP contribution in [-0.4, -0.2) is 11.5 Å². The standard InChI is InChI=1S/C15H12Br2N2O2/c16-13-9-12(19(20)21)10-14(17)15(13)18-8-4-7-11-5-2-1-3-6-11/h1-7,9-10,18H,8H2/b7-4+. The predicted molar refractivity (Wildman–Crippen MR) is 92.5 cm³/mol. The molecular formula is C15H12Br2N2O2. The third-order valence-electron chi connectivity index (χ3n) is 2.74. The molecule has 108 valence electrons. The summed E-state index contributed by atoms with van der Waals surface area (Å²) < 4.78 is 1.30. The van der Waals surface area contributed by atoms with E-state index in [4.69, 9.17) is 0 Å². The van der Waals surface area contributed by atoms with Crippen molar-refractivity contribution in [3.05, 3.63) is 73.2 Å². The van der Waals surface area contributed by atoms with Gasteiger partial charge >= 0.3 is 0 Å². The molecular weight excluding hydrogens is 400 g/mol. The minimum atomic E-state index is -0.422. The fourth-order valence-corrected chi connectivity index (χ4v) is 3.20. The number of hydrogen-bond donors (Lipinski definition) is 1. The summed E-state index contributed by atoms with van der Waals surface area (Å²) in [7, 11) is 0. The summed E-state index contributed by atoms with van der Waals surface area (Å²) in [5.74, 6) is 0. The van der Waals surface area contributed by atoms with E-state index in [1.54, 1.807) is 0 Å². The third-order valence-corrected chi connectivity index (χ3v) is 4.00. The number of nitrogens with one attached hydrogen (secondary N) is 1. The molecule has 0 aliphatic heterocycles. The van der Waals surface area contributed by atoms with Crippen molar-refractivity contribution in [3.8, 4) is 0 Å². The molecule has 0 saturated heterocycles. The van der Waals surface area contributed by atoms with E-state index in [-0.39, 0.29) is 5.69 Å². The topological polar surface area (TPSA) is 55.2 Å². The molecule has 0 spiro atoms. The van der Waals surface area contributed by atoms with E-state index in [0.29, 0.717) is 15.5 Å². The minimum Gasteiger partial charge on any atom is -0.380 e. The molecule has 2 rings (SSSR count). The highest BCUT2D eigenvalue weighted by Crippen LogP contribution is 2.35. The Balaban J connectivity index is 2.04. The zero-order chi connectivity index (χ0) is 15.2. The molecule has 0 radical (unpaired) electrons. The lowest BCUT2D eigenvalue weighted by molar-refractivity contribution is -0.385. The average molecular weight is 412 g/mol. The highest BCUT2D eigenvalue weighted by molar-refractivity contribution is 9.11. The van der Waals surface area contributed by atoms with Gasteiger partial charge in [-0.05, 0) is 37.4 Å². The SMILES string of the molecule is O=[N+]([O-])c1cc(Br)c(NC/C=C/c2ccccc2)c(Br)c1. The van der Waals surface area contributed by atoms with Crippen LogP contribution in [-0.2, 0) is 0 Å². The third kappa shape index (κ3) is 4.41. The van der Waals surface area contributed by atoms with E-state index < -0.39 is 4.92 Å². The first-order valence-corrected chi connectivity index (χ1v) is 7.75. The van der Waals surface area contributed by atoms with Gasteiger partial charge in [-0.25, -0.2) is 0 Å². The molecule has 1 N–H and O–H groups in total. The van der Waals surface area contributed by atoms with Crippen molar-refractivity contribution in [2.75, 3.05) is 11.9 Å². The van der Waals surface area contributed by atoms with Gasteiger partial charge in [-0.15, -0.1) is 0 Å². The highest BCUT2D eigenvalue weighted by atomic mass is 79.9. The van der Waals surface area contributed by atoms with Crippen LogP contribution in [0.15, 0.2) is 57.5 Å². The van der Waals surface area contributed by atoms with Gasteiger partial charge in [-0.2, -0.15) is 0 Å². The number of halogens is 2. The molecule has 0 heterocycles. The summed E-state index contributed by atoms with van der Waals surface area (Å²) in [4.78, 5) is 10.3. The Hall–Kier alpha value is -1.66. The minimum absolute atomic E-state index is 0.0409. The summed E-state index contributed by atoms with van der Waals surface area (Å²) >= 11 is 6.68. The van der Waals surface area contributed by atoms with Crippen molar-refractivity contribution < 1.29 is 4.92 Å². The van der Waals surface area contributed by atoms with Crippen LogP contribution in [0.25, 0.3) is 6.08 Å². The molecule has 2 aromatic rings. The van der Waals surface area contributed by atoms with E-state index in [1.807, 2.05) is 42.5 Å². The van der Waals surface area contributed by atoms with Gasteiger partial charge in [0, 0.05) is 27.6 Å². The molecule has 0 bridgehead atoms. The quantitative estimate of drug-likeness (QED) is 0.540. The Kier molecular flexibility index (Phi) is 5.52. The van der Waals surface area contributed by atoms with Gasteiger partial charge in [0.2, 0.25) is 0 Å². The van der Waals surface area contributed by atoms with Crippen molar-refractivity contribution in [3.63, 3.8) is 0 Å². The van der Waals surface area contributed by atoms with E-state index in [0.717, 1.165) is 11.3 Å². The Morgan fingerprint density at radius 1 is 1.14 bits per heavy atom. The van der Waals surface area contributed by atoms with Crippen molar-refractivity contribution in [2.24, 2.45) is 0 Å². The number of benzene rings is 2. The average Bonchev–Trinajstić information content (AvgIpc) is 2.46. The van der Waals surface area contributed by atoms with Crippen molar-refractivity contribution >= 4 is 49.3 Å². The molecule has 0 fully saturated rings. The first kappa shape index (κ1) is 15.7. The maximum atomic E-state index is 10.8. The van der Waals surface area contributed by atoms with Crippen LogP contribution in [0.1, 0.15) is 5.56 Å². The summed E-state index contributed by atoms with van der Waals surface area (Å²) in [5, 5.41) is 14.0. The van der Waals surface area contributed by atoms with Crippen LogP contribution < -0.4 is 5.32 Å².